The minimum absolute atomic E-state index is 0.0448. The van der Waals surface area contributed by atoms with E-state index in [0.717, 1.165) is 41.9 Å². The van der Waals surface area contributed by atoms with Gasteiger partial charge in [-0.25, -0.2) is 0 Å². The van der Waals surface area contributed by atoms with Crippen molar-refractivity contribution in [2.75, 3.05) is 7.11 Å². The van der Waals surface area contributed by atoms with Crippen LogP contribution in [-0.2, 0) is 12.8 Å². The molecule has 2 aromatic rings. The van der Waals surface area contributed by atoms with Gasteiger partial charge in [0.2, 0.25) is 0 Å². The highest BCUT2D eigenvalue weighted by molar-refractivity contribution is 5.53. The molecule has 1 aliphatic rings. The minimum Gasteiger partial charge on any atom is -0.508 e. The van der Waals surface area contributed by atoms with Gasteiger partial charge in [-0.05, 0) is 56.9 Å². The number of benzene rings is 2. The van der Waals surface area contributed by atoms with Gasteiger partial charge < -0.3 is 19.7 Å². The van der Waals surface area contributed by atoms with Gasteiger partial charge in [-0.1, -0.05) is 17.7 Å². The van der Waals surface area contributed by atoms with Crippen LogP contribution in [0.1, 0.15) is 43.1 Å². The average Bonchev–Trinajstić information content (AvgIpc) is 2.59. The monoisotopic (exact) mass is 340 g/mol. The van der Waals surface area contributed by atoms with E-state index >= 15 is 0 Å². The molecule has 0 bridgehead atoms. The van der Waals surface area contributed by atoms with Crippen LogP contribution < -0.4 is 9.47 Å². The van der Waals surface area contributed by atoms with Crippen LogP contribution in [0, 0.1) is 0 Å². The molecule has 0 unspecified atom stereocenters. The van der Waals surface area contributed by atoms with E-state index in [2.05, 4.69) is 19.9 Å². The molecule has 1 aliphatic heterocycles. The highest BCUT2D eigenvalue weighted by atomic mass is 16.5. The number of phenols is 2. The fourth-order valence-electron chi connectivity index (χ4n) is 3.20. The van der Waals surface area contributed by atoms with Gasteiger partial charge in [-0.3, -0.25) is 0 Å². The molecular weight excluding hydrogens is 316 g/mol. The molecule has 0 radical (unpaired) electrons. The van der Waals surface area contributed by atoms with E-state index in [4.69, 9.17) is 9.47 Å². The molecule has 3 rings (SSSR count). The Hall–Kier alpha value is -2.62. The van der Waals surface area contributed by atoms with Crippen LogP contribution in [0.3, 0.4) is 0 Å². The second kappa shape index (κ2) is 7.09. The van der Waals surface area contributed by atoms with E-state index in [1.54, 1.807) is 19.2 Å². The molecule has 4 heteroatoms. The first-order chi connectivity index (χ1) is 12.0. The zero-order valence-electron chi connectivity index (χ0n) is 14.9. The molecule has 4 nitrogen and oxygen atoms in total. The number of allylic oxidation sites excluding steroid dienone is 2. The molecule has 0 saturated carbocycles. The second-order valence-electron chi connectivity index (χ2n) is 6.61. The van der Waals surface area contributed by atoms with Gasteiger partial charge in [0.15, 0.2) is 0 Å². The van der Waals surface area contributed by atoms with E-state index in [1.807, 2.05) is 12.1 Å². The van der Waals surface area contributed by atoms with Crippen LogP contribution in [-0.4, -0.2) is 17.3 Å². The van der Waals surface area contributed by atoms with Crippen LogP contribution in [0.4, 0.5) is 0 Å². The maximum Gasteiger partial charge on any atom is 0.130 e. The maximum atomic E-state index is 10.2. The summed E-state index contributed by atoms with van der Waals surface area (Å²) in [5.41, 5.74) is 4.12. The SMILES string of the molecule is COc1ccc2c(c1CC=C(C)C)O[C@H](c1ccc(O)cc1O)CC2. The molecule has 132 valence electrons. The van der Waals surface area contributed by atoms with Crippen molar-refractivity contribution in [3.63, 3.8) is 0 Å². The van der Waals surface area contributed by atoms with Gasteiger partial charge in [0, 0.05) is 17.2 Å². The fraction of sp³-hybridized carbons (Fsp3) is 0.333. The standard InChI is InChI=1S/C21H24O4/c1-13(2)4-8-17-19(24-3)10-5-14-6-11-20(25-21(14)17)16-9-7-15(22)12-18(16)23/h4-5,7,9-10,12,20,22-23H,6,8,11H2,1-3H3/t20-/m0/s1. The largest absolute Gasteiger partial charge is 0.508 e. The first-order valence-corrected chi connectivity index (χ1v) is 8.50. The molecule has 2 N–H and O–H groups in total. The number of methoxy groups -OCH3 is 1. The lowest BCUT2D eigenvalue weighted by atomic mass is 9.93. The minimum atomic E-state index is -0.245. The highest BCUT2D eigenvalue weighted by Gasteiger charge is 2.27. The van der Waals surface area contributed by atoms with E-state index in [1.165, 1.54) is 11.6 Å². The number of fused-ring (bicyclic) bond motifs is 1. The van der Waals surface area contributed by atoms with Crippen molar-refractivity contribution in [3.8, 4) is 23.0 Å². The molecular formula is C21H24O4. The van der Waals surface area contributed by atoms with Gasteiger partial charge in [0.05, 0.1) is 7.11 Å². The quantitative estimate of drug-likeness (QED) is 0.793. The third kappa shape index (κ3) is 3.58. The summed E-state index contributed by atoms with van der Waals surface area (Å²) in [7, 11) is 1.67. The van der Waals surface area contributed by atoms with Crippen molar-refractivity contribution in [2.24, 2.45) is 0 Å². The summed E-state index contributed by atoms with van der Waals surface area (Å²) in [5.74, 6) is 1.76. The molecule has 0 spiro atoms. The Bertz CT molecular complexity index is 804. The summed E-state index contributed by atoms with van der Waals surface area (Å²) in [5, 5.41) is 19.7. The van der Waals surface area contributed by atoms with Gasteiger partial charge in [0.1, 0.15) is 29.1 Å². The van der Waals surface area contributed by atoms with Crippen molar-refractivity contribution in [3.05, 3.63) is 58.7 Å². The number of phenolic OH excluding ortho intramolecular Hbond substituents is 2. The van der Waals surface area contributed by atoms with Crippen molar-refractivity contribution >= 4 is 0 Å². The summed E-state index contributed by atoms with van der Waals surface area (Å²) in [6, 6.07) is 8.69. The topological polar surface area (TPSA) is 58.9 Å². The molecule has 25 heavy (non-hydrogen) atoms. The smallest absolute Gasteiger partial charge is 0.130 e. The Morgan fingerprint density at radius 3 is 2.72 bits per heavy atom. The Kier molecular flexibility index (Phi) is 4.88. The normalized spacial score (nSPS) is 15.9. The van der Waals surface area contributed by atoms with Gasteiger partial charge in [0.25, 0.3) is 0 Å². The molecule has 0 saturated heterocycles. The average molecular weight is 340 g/mol. The summed E-state index contributed by atoms with van der Waals surface area (Å²) in [4.78, 5) is 0. The van der Waals surface area contributed by atoms with Crippen LogP contribution in [0.15, 0.2) is 42.0 Å². The number of aromatic hydroxyl groups is 2. The Morgan fingerprint density at radius 1 is 1.24 bits per heavy atom. The lowest BCUT2D eigenvalue weighted by molar-refractivity contribution is 0.170. The number of hydrogen-bond donors (Lipinski definition) is 2. The summed E-state index contributed by atoms with van der Waals surface area (Å²) < 4.78 is 11.8. The van der Waals surface area contributed by atoms with Gasteiger partial charge in [-0.15, -0.1) is 0 Å². The fourth-order valence-corrected chi connectivity index (χ4v) is 3.20. The lowest BCUT2D eigenvalue weighted by Gasteiger charge is -2.29. The first-order valence-electron chi connectivity index (χ1n) is 8.50. The van der Waals surface area contributed by atoms with Gasteiger partial charge >= 0.3 is 0 Å². The Morgan fingerprint density at radius 2 is 2.04 bits per heavy atom. The zero-order chi connectivity index (χ0) is 18.0. The van der Waals surface area contributed by atoms with E-state index in [-0.39, 0.29) is 17.6 Å². The van der Waals surface area contributed by atoms with Crippen LogP contribution in [0.25, 0.3) is 0 Å². The molecule has 1 heterocycles. The van der Waals surface area contributed by atoms with Crippen LogP contribution in [0.2, 0.25) is 0 Å². The highest BCUT2D eigenvalue weighted by Crippen LogP contribution is 2.43. The molecule has 0 aliphatic carbocycles. The zero-order valence-corrected chi connectivity index (χ0v) is 14.9. The number of rotatable bonds is 4. The lowest BCUT2D eigenvalue weighted by Crippen LogP contribution is -2.17. The third-order valence-electron chi connectivity index (χ3n) is 4.53. The van der Waals surface area contributed by atoms with Crippen molar-refractivity contribution in [2.45, 2.75) is 39.2 Å². The summed E-state index contributed by atoms with van der Waals surface area (Å²) in [6.07, 6.45) is 4.29. The Labute approximate surface area is 148 Å². The van der Waals surface area contributed by atoms with E-state index in [9.17, 15) is 10.2 Å². The predicted molar refractivity (Wildman–Crippen MR) is 97.6 cm³/mol. The van der Waals surface area contributed by atoms with Crippen molar-refractivity contribution in [1.29, 1.82) is 0 Å². The van der Waals surface area contributed by atoms with Crippen molar-refractivity contribution < 1.29 is 19.7 Å². The molecule has 0 fully saturated rings. The maximum absolute atomic E-state index is 10.2. The molecule has 0 amide bonds. The van der Waals surface area contributed by atoms with E-state index in [0.29, 0.717) is 5.56 Å². The molecule has 0 aromatic heterocycles. The Balaban J connectivity index is 1.99. The molecule has 2 aromatic carbocycles. The number of aryl methyl sites for hydroxylation is 1. The number of hydrogen-bond acceptors (Lipinski definition) is 4. The van der Waals surface area contributed by atoms with Crippen molar-refractivity contribution in [1.82, 2.24) is 0 Å². The predicted octanol–water partition coefficient (Wildman–Crippen LogP) is 4.68. The number of ether oxygens (including phenoxy) is 2. The molecule has 1 atom stereocenters. The van der Waals surface area contributed by atoms with Crippen LogP contribution >= 0.6 is 0 Å². The van der Waals surface area contributed by atoms with Crippen LogP contribution in [0.5, 0.6) is 23.0 Å². The summed E-state index contributed by atoms with van der Waals surface area (Å²) >= 11 is 0. The second-order valence-corrected chi connectivity index (χ2v) is 6.61. The summed E-state index contributed by atoms with van der Waals surface area (Å²) in [6.45, 7) is 4.14. The van der Waals surface area contributed by atoms with E-state index < -0.39 is 0 Å². The van der Waals surface area contributed by atoms with Gasteiger partial charge in [-0.2, -0.15) is 0 Å². The third-order valence-corrected chi connectivity index (χ3v) is 4.53. The first kappa shape index (κ1) is 17.2.